The molecule has 1 unspecified atom stereocenters. The molecule has 0 bridgehead atoms. The Hall–Kier alpha value is -2.84. The van der Waals surface area contributed by atoms with Gasteiger partial charge in [-0.2, -0.15) is 5.10 Å². The van der Waals surface area contributed by atoms with Crippen molar-refractivity contribution in [2.75, 3.05) is 26.7 Å². The molecule has 2 aromatic heterocycles. The number of likely N-dealkylation sites (tertiary alicyclic amines) is 1. The van der Waals surface area contributed by atoms with Gasteiger partial charge in [0.2, 0.25) is 0 Å². The van der Waals surface area contributed by atoms with E-state index in [0.29, 0.717) is 36.6 Å². The zero-order valence-corrected chi connectivity index (χ0v) is 17.3. The van der Waals surface area contributed by atoms with Crippen LogP contribution < -0.4 is 4.74 Å². The Morgan fingerprint density at radius 3 is 2.69 bits per heavy atom. The van der Waals surface area contributed by atoms with Gasteiger partial charge < -0.3 is 19.3 Å². The number of aromatic nitrogens is 3. The summed E-state index contributed by atoms with van der Waals surface area (Å²) in [4.78, 5) is 33.4. The Kier molecular flexibility index (Phi) is 5.06. The number of cyclic esters (lactones) is 1. The lowest BCUT2D eigenvalue weighted by atomic mass is 10.0. The summed E-state index contributed by atoms with van der Waals surface area (Å²) in [6.45, 7) is 5.70. The predicted octanol–water partition coefficient (Wildman–Crippen LogP) is 2.12. The van der Waals surface area contributed by atoms with Gasteiger partial charge in [0.15, 0.2) is 5.65 Å². The van der Waals surface area contributed by atoms with E-state index in [2.05, 4.69) is 10.1 Å². The normalized spacial score (nSPS) is 20.4. The number of carbonyl (C=O) groups is 2. The van der Waals surface area contributed by atoms with Crippen molar-refractivity contribution in [1.29, 1.82) is 0 Å². The molecule has 9 heteroatoms. The quantitative estimate of drug-likeness (QED) is 0.780. The van der Waals surface area contributed by atoms with E-state index in [1.165, 1.54) is 0 Å². The number of aryl methyl sites for hydroxylation is 2. The first kappa shape index (κ1) is 19.5. The van der Waals surface area contributed by atoms with Crippen molar-refractivity contribution >= 4 is 23.0 Å². The van der Waals surface area contributed by atoms with Gasteiger partial charge >= 0.3 is 6.09 Å². The molecule has 2 saturated heterocycles. The molecule has 9 nitrogen and oxygen atoms in total. The van der Waals surface area contributed by atoms with Crippen LogP contribution in [0.3, 0.4) is 0 Å². The minimum Gasteiger partial charge on any atom is -0.495 e. The maximum atomic E-state index is 13.2. The number of fused-ring (bicyclic) bond motifs is 1. The second kappa shape index (κ2) is 7.53. The number of nitrogens with zero attached hydrogens (tertiary/aromatic N) is 5. The largest absolute Gasteiger partial charge is 0.495 e. The highest BCUT2D eigenvalue weighted by Gasteiger charge is 2.37. The molecule has 0 saturated carbocycles. The molecule has 2 amide bonds. The average Bonchev–Trinajstić information content (AvgIpc) is 3.26. The van der Waals surface area contributed by atoms with Crippen LogP contribution >= 0.6 is 0 Å². The summed E-state index contributed by atoms with van der Waals surface area (Å²) < 4.78 is 12.7. The zero-order chi connectivity index (χ0) is 20.7. The highest BCUT2D eigenvalue weighted by atomic mass is 16.6. The van der Waals surface area contributed by atoms with Crippen molar-refractivity contribution in [2.45, 2.75) is 45.3 Å². The van der Waals surface area contributed by atoms with E-state index < -0.39 is 0 Å². The summed E-state index contributed by atoms with van der Waals surface area (Å²) in [6.07, 6.45) is 3.61. The van der Waals surface area contributed by atoms with E-state index in [0.717, 1.165) is 30.3 Å². The molecule has 4 heterocycles. The van der Waals surface area contributed by atoms with Crippen LogP contribution in [0.2, 0.25) is 0 Å². The van der Waals surface area contributed by atoms with Crippen LogP contribution in [0.25, 0.3) is 11.0 Å². The number of pyridine rings is 1. The molecule has 156 valence electrons. The summed E-state index contributed by atoms with van der Waals surface area (Å²) >= 11 is 0. The third-order valence-corrected chi connectivity index (χ3v) is 5.96. The van der Waals surface area contributed by atoms with Crippen molar-refractivity contribution in [3.63, 3.8) is 0 Å². The summed E-state index contributed by atoms with van der Waals surface area (Å²) in [6, 6.07) is 0.117. The fourth-order valence-corrected chi connectivity index (χ4v) is 4.35. The standard InChI is InChI=1S/C20H27N5O4/c1-5-14-11-25(20(27)29-14)13-6-8-24(9-7-13)19(26)15-10-21-18-16(17(15)28-4)12(2)22-23(18)3/h10,13-14H,5-9,11H2,1-4H3. The smallest absolute Gasteiger partial charge is 0.410 e. The lowest BCUT2D eigenvalue weighted by Crippen LogP contribution is -2.47. The SMILES string of the molecule is CCC1CN(C2CCN(C(=O)c3cnc4c(c(C)nn4C)c3OC)CC2)C(=O)O1. The molecule has 0 spiro atoms. The molecule has 0 radical (unpaired) electrons. The molecule has 2 aromatic rings. The Morgan fingerprint density at radius 2 is 2.07 bits per heavy atom. The Balaban J connectivity index is 1.50. The third kappa shape index (κ3) is 3.28. The summed E-state index contributed by atoms with van der Waals surface area (Å²) in [5.74, 6) is 0.412. The zero-order valence-electron chi connectivity index (χ0n) is 17.3. The Morgan fingerprint density at radius 1 is 1.34 bits per heavy atom. The van der Waals surface area contributed by atoms with Crippen LogP contribution in [0.5, 0.6) is 5.75 Å². The molecule has 1 atom stereocenters. The second-order valence-electron chi connectivity index (χ2n) is 7.70. The second-order valence-corrected chi connectivity index (χ2v) is 7.70. The Labute approximate surface area is 169 Å². The first-order chi connectivity index (χ1) is 13.9. The van der Waals surface area contributed by atoms with Gasteiger partial charge in [-0.25, -0.2) is 9.78 Å². The number of amides is 2. The highest BCUT2D eigenvalue weighted by Crippen LogP contribution is 2.32. The number of methoxy groups -OCH3 is 1. The van der Waals surface area contributed by atoms with Gasteiger partial charge in [0.25, 0.3) is 5.91 Å². The monoisotopic (exact) mass is 401 g/mol. The number of hydrogen-bond acceptors (Lipinski definition) is 6. The van der Waals surface area contributed by atoms with Gasteiger partial charge in [-0.05, 0) is 26.2 Å². The van der Waals surface area contributed by atoms with Crippen LogP contribution in [0.15, 0.2) is 6.20 Å². The summed E-state index contributed by atoms with van der Waals surface area (Å²) in [7, 11) is 3.38. The maximum absolute atomic E-state index is 13.2. The third-order valence-electron chi connectivity index (χ3n) is 5.96. The predicted molar refractivity (Wildman–Crippen MR) is 106 cm³/mol. The van der Waals surface area contributed by atoms with Gasteiger partial charge in [-0.15, -0.1) is 0 Å². The molecule has 2 aliphatic heterocycles. The van der Waals surface area contributed by atoms with E-state index in [9.17, 15) is 9.59 Å². The highest BCUT2D eigenvalue weighted by molar-refractivity contribution is 6.02. The topological polar surface area (TPSA) is 89.8 Å². The lowest BCUT2D eigenvalue weighted by Gasteiger charge is -2.35. The van der Waals surface area contributed by atoms with E-state index in [1.807, 2.05) is 30.7 Å². The van der Waals surface area contributed by atoms with Crippen LogP contribution in [0.1, 0.15) is 42.2 Å². The van der Waals surface area contributed by atoms with Gasteiger partial charge in [0, 0.05) is 32.4 Å². The van der Waals surface area contributed by atoms with Gasteiger partial charge in [0.05, 0.1) is 24.7 Å². The molecule has 29 heavy (non-hydrogen) atoms. The molecule has 0 aliphatic carbocycles. The molecule has 2 fully saturated rings. The fraction of sp³-hybridized carbons (Fsp3) is 0.600. The van der Waals surface area contributed by atoms with Crippen LogP contribution in [0.4, 0.5) is 4.79 Å². The van der Waals surface area contributed by atoms with E-state index >= 15 is 0 Å². The number of hydrogen-bond donors (Lipinski definition) is 0. The maximum Gasteiger partial charge on any atom is 0.410 e. The van der Waals surface area contributed by atoms with Gasteiger partial charge in [0.1, 0.15) is 17.4 Å². The van der Waals surface area contributed by atoms with Gasteiger partial charge in [-0.1, -0.05) is 6.92 Å². The number of rotatable bonds is 4. The van der Waals surface area contributed by atoms with Crippen molar-refractivity contribution in [3.8, 4) is 5.75 Å². The molecule has 0 aromatic carbocycles. The van der Waals surface area contributed by atoms with E-state index in [4.69, 9.17) is 9.47 Å². The first-order valence-corrected chi connectivity index (χ1v) is 10.1. The summed E-state index contributed by atoms with van der Waals surface area (Å²) in [5.41, 5.74) is 1.91. The number of ether oxygens (including phenoxy) is 2. The minimum absolute atomic E-state index is 0.0213. The van der Waals surface area contributed by atoms with Crippen molar-refractivity contribution in [1.82, 2.24) is 24.6 Å². The molecule has 4 rings (SSSR count). The first-order valence-electron chi connectivity index (χ1n) is 10.1. The van der Waals surface area contributed by atoms with Gasteiger partial charge in [-0.3, -0.25) is 9.48 Å². The number of piperidine rings is 1. The number of carbonyl (C=O) groups excluding carboxylic acids is 2. The molecular weight excluding hydrogens is 374 g/mol. The van der Waals surface area contributed by atoms with Crippen LogP contribution in [-0.4, -0.2) is 75.5 Å². The van der Waals surface area contributed by atoms with Crippen molar-refractivity contribution < 1.29 is 19.1 Å². The molecule has 0 N–H and O–H groups in total. The average molecular weight is 401 g/mol. The molecular formula is C20H27N5O4. The van der Waals surface area contributed by atoms with Crippen LogP contribution in [0, 0.1) is 6.92 Å². The summed E-state index contributed by atoms with van der Waals surface area (Å²) in [5, 5.41) is 5.15. The van der Waals surface area contributed by atoms with E-state index in [1.54, 1.807) is 18.0 Å². The van der Waals surface area contributed by atoms with E-state index in [-0.39, 0.29) is 24.1 Å². The van der Waals surface area contributed by atoms with Crippen molar-refractivity contribution in [3.05, 3.63) is 17.5 Å². The van der Waals surface area contributed by atoms with Crippen LogP contribution in [-0.2, 0) is 11.8 Å². The fourth-order valence-electron chi connectivity index (χ4n) is 4.35. The molecule has 2 aliphatic rings. The Bertz CT molecular complexity index is 948. The minimum atomic E-state index is -0.231. The van der Waals surface area contributed by atoms with Crippen molar-refractivity contribution in [2.24, 2.45) is 7.05 Å². The lowest BCUT2D eigenvalue weighted by molar-refractivity contribution is 0.0655.